The lowest BCUT2D eigenvalue weighted by Crippen LogP contribution is -2.24. The first-order valence-electron chi connectivity index (χ1n) is 5.44. The Balaban J connectivity index is 1.87. The van der Waals surface area contributed by atoms with Crippen LogP contribution in [0.3, 0.4) is 0 Å². The Morgan fingerprint density at radius 3 is 2.94 bits per heavy atom. The zero-order chi connectivity index (χ0) is 10.7. The Labute approximate surface area is 93.4 Å². The first-order chi connectivity index (χ1) is 7.88. The van der Waals surface area contributed by atoms with Crippen molar-refractivity contribution < 1.29 is 9.47 Å². The summed E-state index contributed by atoms with van der Waals surface area (Å²) in [6, 6.07) is 0. The number of ether oxygens (including phenoxy) is 2. The van der Waals surface area contributed by atoms with Crippen LogP contribution >= 0.6 is 0 Å². The highest BCUT2D eigenvalue weighted by Crippen LogP contribution is 2.58. The Hall–Kier alpha value is -1.74. The van der Waals surface area contributed by atoms with Crippen molar-refractivity contribution in [3.63, 3.8) is 0 Å². The van der Waals surface area contributed by atoms with E-state index in [9.17, 15) is 0 Å². The summed E-state index contributed by atoms with van der Waals surface area (Å²) in [6.07, 6.45) is 10.2. The van der Waals surface area contributed by atoms with Crippen molar-refractivity contribution in [1.82, 2.24) is 5.32 Å². The van der Waals surface area contributed by atoms with E-state index in [1.165, 1.54) is 16.7 Å². The van der Waals surface area contributed by atoms with E-state index < -0.39 is 0 Å². The molecule has 0 radical (unpaired) electrons. The minimum atomic E-state index is -0.343. The van der Waals surface area contributed by atoms with Gasteiger partial charge in [0.05, 0.1) is 0 Å². The van der Waals surface area contributed by atoms with Crippen LogP contribution in [0.2, 0.25) is 0 Å². The van der Waals surface area contributed by atoms with E-state index in [2.05, 4.69) is 35.7 Å². The van der Waals surface area contributed by atoms with E-state index in [-0.39, 0.29) is 6.41 Å². The molecule has 3 nitrogen and oxygen atoms in total. The lowest BCUT2D eigenvalue weighted by molar-refractivity contribution is -0.0380. The second kappa shape index (κ2) is 2.68. The normalized spacial score (nSPS) is 32.7. The van der Waals surface area contributed by atoms with Gasteiger partial charge in [-0.05, 0) is 24.3 Å². The highest BCUT2D eigenvalue weighted by Gasteiger charge is 2.49. The van der Waals surface area contributed by atoms with Crippen molar-refractivity contribution in [2.75, 3.05) is 7.05 Å². The number of fused-ring (bicyclic) bond motifs is 2. The molecule has 1 saturated carbocycles. The van der Waals surface area contributed by atoms with Gasteiger partial charge in [-0.1, -0.05) is 24.3 Å². The Bertz CT molecular complexity index is 534. The van der Waals surface area contributed by atoms with Crippen LogP contribution in [0.15, 0.2) is 58.6 Å². The summed E-state index contributed by atoms with van der Waals surface area (Å²) < 4.78 is 11.3. The predicted octanol–water partition coefficient (Wildman–Crippen LogP) is 1.74. The van der Waals surface area contributed by atoms with Gasteiger partial charge in [0.1, 0.15) is 0 Å². The lowest BCUT2D eigenvalue weighted by atomic mass is 10.0. The van der Waals surface area contributed by atoms with Gasteiger partial charge in [-0.2, -0.15) is 0 Å². The molecule has 0 aromatic rings. The molecule has 1 heterocycles. The summed E-state index contributed by atoms with van der Waals surface area (Å²) in [6.45, 7) is 0. The Morgan fingerprint density at radius 2 is 2.06 bits per heavy atom. The number of hydrogen-bond donors (Lipinski definition) is 1. The monoisotopic (exact) mass is 213 g/mol. The largest absolute Gasteiger partial charge is 0.438 e. The van der Waals surface area contributed by atoms with Crippen LogP contribution < -0.4 is 5.32 Å². The number of hydrogen-bond acceptors (Lipinski definition) is 3. The summed E-state index contributed by atoms with van der Waals surface area (Å²) in [4.78, 5) is 0. The summed E-state index contributed by atoms with van der Waals surface area (Å²) in [5.74, 6) is 2.23. The molecule has 3 heteroatoms. The minimum Gasteiger partial charge on any atom is -0.438 e. The van der Waals surface area contributed by atoms with E-state index in [0.29, 0.717) is 5.92 Å². The van der Waals surface area contributed by atoms with E-state index in [4.69, 9.17) is 9.47 Å². The van der Waals surface area contributed by atoms with Crippen LogP contribution in [-0.2, 0) is 9.47 Å². The van der Waals surface area contributed by atoms with Gasteiger partial charge in [-0.15, -0.1) is 0 Å². The first-order valence-corrected chi connectivity index (χ1v) is 5.44. The van der Waals surface area contributed by atoms with Gasteiger partial charge in [0, 0.05) is 11.5 Å². The van der Waals surface area contributed by atoms with Crippen molar-refractivity contribution in [3.05, 3.63) is 58.6 Å². The van der Waals surface area contributed by atoms with Crippen LogP contribution in [0, 0.1) is 5.92 Å². The van der Waals surface area contributed by atoms with Gasteiger partial charge in [0.25, 0.3) is 0 Å². The molecule has 4 aliphatic rings. The third-order valence-corrected chi connectivity index (χ3v) is 3.30. The number of rotatable bonds is 1. The maximum atomic E-state index is 5.70. The average Bonchev–Trinajstić information content (AvgIpc) is 2.92. The molecule has 80 valence electrons. The molecule has 1 aliphatic heterocycles. The second-order valence-corrected chi connectivity index (χ2v) is 4.21. The molecule has 2 fully saturated rings. The number of allylic oxidation sites excluding steroid dienone is 8. The van der Waals surface area contributed by atoms with Gasteiger partial charge >= 0.3 is 6.41 Å². The van der Waals surface area contributed by atoms with Crippen molar-refractivity contribution in [3.8, 4) is 0 Å². The van der Waals surface area contributed by atoms with Gasteiger partial charge in [-0.3, -0.25) is 5.32 Å². The smallest absolute Gasteiger partial charge is 0.302 e. The molecule has 0 amide bonds. The molecular formula is C13H11NO2. The molecule has 0 aromatic carbocycles. The van der Waals surface area contributed by atoms with Crippen LogP contribution in [0.25, 0.3) is 0 Å². The minimum absolute atomic E-state index is 0.343. The lowest BCUT2D eigenvalue weighted by Gasteiger charge is -2.05. The third kappa shape index (κ3) is 0.913. The third-order valence-electron chi connectivity index (χ3n) is 3.30. The van der Waals surface area contributed by atoms with E-state index in [1.54, 1.807) is 0 Å². The van der Waals surface area contributed by atoms with E-state index >= 15 is 0 Å². The first kappa shape index (κ1) is 8.42. The molecule has 3 aliphatic carbocycles. The molecule has 1 unspecified atom stereocenters. The molecule has 16 heavy (non-hydrogen) atoms. The highest BCUT2D eigenvalue weighted by molar-refractivity contribution is 5.72. The molecule has 4 rings (SSSR count). The Morgan fingerprint density at radius 1 is 1.19 bits per heavy atom. The van der Waals surface area contributed by atoms with E-state index in [0.717, 1.165) is 11.5 Å². The summed E-state index contributed by atoms with van der Waals surface area (Å²) >= 11 is 0. The van der Waals surface area contributed by atoms with Crippen LogP contribution in [-0.4, -0.2) is 13.5 Å². The van der Waals surface area contributed by atoms with Crippen molar-refractivity contribution in [2.24, 2.45) is 5.92 Å². The highest BCUT2D eigenvalue weighted by atomic mass is 16.7. The fourth-order valence-corrected chi connectivity index (χ4v) is 2.51. The number of nitrogens with one attached hydrogen (secondary N) is 1. The topological polar surface area (TPSA) is 30.5 Å². The van der Waals surface area contributed by atoms with Gasteiger partial charge in [-0.25, -0.2) is 0 Å². The maximum Gasteiger partial charge on any atom is 0.302 e. The fourth-order valence-electron chi connectivity index (χ4n) is 2.51. The molecule has 0 bridgehead atoms. The predicted molar refractivity (Wildman–Crippen MR) is 58.9 cm³/mol. The van der Waals surface area contributed by atoms with Gasteiger partial charge in [0.2, 0.25) is 0 Å². The molecule has 0 spiro atoms. The van der Waals surface area contributed by atoms with Crippen LogP contribution in [0.5, 0.6) is 0 Å². The summed E-state index contributed by atoms with van der Waals surface area (Å²) in [7, 11) is 1.82. The second-order valence-electron chi connectivity index (χ2n) is 4.21. The maximum absolute atomic E-state index is 5.70. The molecule has 1 saturated heterocycles. The zero-order valence-electron chi connectivity index (χ0n) is 8.86. The van der Waals surface area contributed by atoms with Crippen molar-refractivity contribution in [1.29, 1.82) is 0 Å². The van der Waals surface area contributed by atoms with E-state index in [1.807, 2.05) is 7.05 Å². The van der Waals surface area contributed by atoms with Crippen molar-refractivity contribution in [2.45, 2.75) is 6.41 Å². The van der Waals surface area contributed by atoms with Crippen molar-refractivity contribution >= 4 is 0 Å². The standard InChI is InChI=1S/C13H11NO2/c1-14-13-15-9-6-7-4-2-3-5-8-10(7)11(8)12(9)16-13/h2-6,10,13-14H,1H3/t10-,13?/m0/s1. The SMILES string of the molecule is CNC1OC2=CC3=CC=CC=C4C(=C2O1)[C@@H]34. The van der Waals surface area contributed by atoms with Crippen LogP contribution in [0.4, 0.5) is 0 Å². The van der Waals surface area contributed by atoms with Gasteiger partial charge < -0.3 is 9.47 Å². The summed E-state index contributed by atoms with van der Waals surface area (Å²) in [5.41, 5.74) is 3.96. The summed E-state index contributed by atoms with van der Waals surface area (Å²) in [5, 5.41) is 2.97. The zero-order valence-corrected chi connectivity index (χ0v) is 8.86. The molecule has 1 N–H and O–H groups in total. The quantitative estimate of drug-likeness (QED) is 0.719. The fraction of sp³-hybridized carbons (Fsp3) is 0.231. The molecular weight excluding hydrogens is 202 g/mol. The van der Waals surface area contributed by atoms with Crippen LogP contribution in [0.1, 0.15) is 0 Å². The molecule has 0 aromatic heterocycles. The average molecular weight is 213 g/mol. The Kier molecular flexibility index (Phi) is 1.41. The van der Waals surface area contributed by atoms with Gasteiger partial charge in [0.15, 0.2) is 11.5 Å². The molecule has 2 atom stereocenters.